The predicted octanol–water partition coefficient (Wildman–Crippen LogP) is 1.49. The number of anilines is 1. The molecule has 1 radical (unpaired) electrons. The van der Waals surface area contributed by atoms with E-state index in [1.165, 1.54) is 0 Å². The average molecular weight is 150 g/mol. The van der Waals surface area contributed by atoms with Crippen LogP contribution < -0.4 is 5.32 Å². The van der Waals surface area contributed by atoms with E-state index < -0.39 is 0 Å². The van der Waals surface area contributed by atoms with Crippen LogP contribution in [-0.2, 0) is 0 Å². The summed E-state index contributed by atoms with van der Waals surface area (Å²) in [5.41, 5.74) is 0. The van der Waals surface area contributed by atoms with E-state index in [1.807, 2.05) is 6.07 Å². The molecule has 3 heteroatoms. The van der Waals surface area contributed by atoms with Crippen LogP contribution in [0.5, 0.6) is 0 Å². The minimum absolute atomic E-state index is 0.457. The predicted molar refractivity (Wildman–Crippen MR) is 44.2 cm³/mol. The Bertz CT molecular complexity index is 198. The first-order valence-electron chi connectivity index (χ1n) is 3.78. The van der Waals surface area contributed by atoms with Gasteiger partial charge in [-0.1, -0.05) is 6.92 Å². The first-order valence-corrected chi connectivity index (χ1v) is 3.78. The fourth-order valence-electron chi connectivity index (χ4n) is 0.696. The molecule has 0 saturated heterocycles. The fraction of sp³-hybridized carbons (Fsp3) is 0.500. The van der Waals surface area contributed by atoms with E-state index in [0.29, 0.717) is 6.04 Å². The van der Waals surface area contributed by atoms with Crippen LogP contribution in [0.2, 0.25) is 0 Å². The summed E-state index contributed by atoms with van der Waals surface area (Å²) in [5, 5.41) is 3.21. The molecule has 0 aromatic carbocycles. The topological polar surface area (TPSA) is 37.8 Å². The van der Waals surface area contributed by atoms with E-state index in [4.69, 9.17) is 0 Å². The number of aromatic nitrogens is 2. The second-order valence-electron chi connectivity index (χ2n) is 2.50. The zero-order chi connectivity index (χ0) is 8.10. The van der Waals surface area contributed by atoms with Crippen molar-refractivity contribution in [1.82, 2.24) is 9.97 Å². The maximum absolute atomic E-state index is 3.92. The largest absolute Gasteiger partial charge is 0.368 e. The normalized spacial score (nSPS) is 12.5. The molecule has 0 fully saturated rings. The Morgan fingerprint density at radius 2 is 2.55 bits per heavy atom. The monoisotopic (exact) mass is 150 g/mol. The van der Waals surface area contributed by atoms with Crippen molar-refractivity contribution in [2.24, 2.45) is 0 Å². The van der Waals surface area contributed by atoms with Crippen molar-refractivity contribution in [2.45, 2.75) is 26.3 Å². The first-order chi connectivity index (χ1) is 5.33. The smallest absolute Gasteiger partial charge is 0.199 e. The van der Waals surface area contributed by atoms with Crippen molar-refractivity contribution in [3.63, 3.8) is 0 Å². The quantitative estimate of drug-likeness (QED) is 0.709. The van der Waals surface area contributed by atoms with Gasteiger partial charge in [-0.25, -0.2) is 9.97 Å². The van der Waals surface area contributed by atoms with E-state index >= 15 is 0 Å². The van der Waals surface area contributed by atoms with Gasteiger partial charge in [-0.15, -0.1) is 0 Å². The number of nitrogens with zero attached hydrogens (tertiary/aromatic N) is 2. The Labute approximate surface area is 66.9 Å². The summed E-state index contributed by atoms with van der Waals surface area (Å²) in [5.74, 6) is 0.842. The van der Waals surface area contributed by atoms with Crippen molar-refractivity contribution in [3.05, 3.63) is 18.6 Å². The van der Waals surface area contributed by atoms with Gasteiger partial charge in [0, 0.05) is 12.2 Å². The molecule has 3 nitrogen and oxygen atoms in total. The van der Waals surface area contributed by atoms with Crippen molar-refractivity contribution in [3.8, 4) is 0 Å². The SMILES string of the molecule is CCC(C)Nc1ccn[c]n1. The second-order valence-corrected chi connectivity index (χ2v) is 2.50. The zero-order valence-corrected chi connectivity index (χ0v) is 6.83. The highest BCUT2D eigenvalue weighted by Crippen LogP contribution is 2.02. The maximum atomic E-state index is 3.92. The van der Waals surface area contributed by atoms with E-state index in [0.717, 1.165) is 12.2 Å². The minimum atomic E-state index is 0.457. The minimum Gasteiger partial charge on any atom is -0.368 e. The van der Waals surface area contributed by atoms with Crippen LogP contribution in [-0.4, -0.2) is 16.0 Å². The van der Waals surface area contributed by atoms with E-state index in [2.05, 4.69) is 35.5 Å². The van der Waals surface area contributed by atoms with Crippen LogP contribution in [0.4, 0.5) is 5.82 Å². The number of nitrogens with one attached hydrogen (secondary N) is 1. The molecule has 1 heterocycles. The molecule has 1 aromatic rings. The highest BCUT2D eigenvalue weighted by atomic mass is 15.0. The Balaban J connectivity index is 2.51. The van der Waals surface area contributed by atoms with Crippen molar-refractivity contribution in [2.75, 3.05) is 5.32 Å². The molecular weight excluding hydrogens is 138 g/mol. The molecule has 0 aliphatic rings. The van der Waals surface area contributed by atoms with Gasteiger partial charge in [-0.2, -0.15) is 0 Å². The Morgan fingerprint density at radius 3 is 3.09 bits per heavy atom. The van der Waals surface area contributed by atoms with Gasteiger partial charge in [0.25, 0.3) is 0 Å². The molecule has 59 valence electrons. The standard InChI is InChI=1S/C8H12N3/c1-3-7(2)11-8-4-5-9-6-10-8/h4-5,7H,3H2,1-2H3,(H,9,10,11). The molecule has 1 atom stereocenters. The summed E-state index contributed by atoms with van der Waals surface area (Å²) in [6, 6.07) is 2.29. The molecule has 0 spiro atoms. The molecule has 0 aliphatic heterocycles. The summed E-state index contributed by atoms with van der Waals surface area (Å²) < 4.78 is 0. The molecular formula is C8H12N3. The van der Waals surface area contributed by atoms with Gasteiger partial charge >= 0.3 is 0 Å². The summed E-state index contributed by atoms with van der Waals surface area (Å²) in [6.07, 6.45) is 5.29. The second kappa shape index (κ2) is 3.91. The molecule has 1 rings (SSSR count). The van der Waals surface area contributed by atoms with Crippen molar-refractivity contribution in [1.29, 1.82) is 0 Å². The molecule has 1 aromatic heterocycles. The van der Waals surface area contributed by atoms with Crippen LogP contribution in [0.15, 0.2) is 12.3 Å². The van der Waals surface area contributed by atoms with Crippen LogP contribution >= 0.6 is 0 Å². The molecule has 1 unspecified atom stereocenters. The summed E-state index contributed by atoms with van der Waals surface area (Å²) >= 11 is 0. The third kappa shape index (κ3) is 2.53. The third-order valence-electron chi connectivity index (χ3n) is 1.54. The van der Waals surface area contributed by atoms with Crippen LogP contribution in [0.25, 0.3) is 0 Å². The highest BCUT2D eigenvalue weighted by Gasteiger charge is 1.97. The lowest BCUT2D eigenvalue weighted by molar-refractivity contribution is 0.758. The van der Waals surface area contributed by atoms with Gasteiger partial charge in [-0.05, 0) is 19.4 Å². The van der Waals surface area contributed by atoms with Crippen molar-refractivity contribution < 1.29 is 0 Å². The third-order valence-corrected chi connectivity index (χ3v) is 1.54. The van der Waals surface area contributed by atoms with Crippen LogP contribution in [0.1, 0.15) is 20.3 Å². The van der Waals surface area contributed by atoms with Crippen molar-refractivity contribution >= 4 is 5.82 Å². The molecule has 0 bridgehead atoms. The van der Waals surface area contributed by atoms with Gasteiger partial charge in [0.15, 0.2) is 6.33 Å². The maximum Gasteiger partial charge on any atom is 0.199 e. The van der Waals surface area contributed by atoms with Crippen LogP contribution in [0, 0.1) is 6.33 Å². The summed E-state index contributed by atoms with van der Waals surface area (Å²) in [6.45, 7) is 4.24. The Morgan fingerprint density at radius 1 is 1.73 bits per heavy atom. The van der Waals surface area contributed by atoms with Gasteiger partial charge in [0.2, 0.25) is 0 Å². The van der Waals surface area contributed by atoms with Crippen LogP contribution in [0.3, 0.4) is 0 Å². The van der Waals surface area contributed by atoms with E-state index in [1.54, 1.807) is 6.20 Å². The first kappa shape index (κ1) is 7.98. The average Bonchev–Trinajstić information content (AvgIpc) is 2.06. The van der Waals surface area contributed by atoms with Gasteiger partial charge in [0.1, 0.15) is 5.82 Å². The Hall–Kier alpha value is -1.12. The molecule has 11 heavy (non-hydrogen) atoms. The lowest BCUT2D eigenvalue weighted by atomic mass is 10.3. The number of hydrogen-bond donors (Lipinski definition) is 1. The Kier molecular flexibility index (Phi) is 2.83. The van der Waals surface area contributed by atoms with Gasteiger partial charge in [0.05, 0.1) is 0 Å². The lowest BCUT2D eigenvalue weighted by Gasteiger charge is -2.10. The van der Waals surface area contributed by atoms with Gasteiger partial charge in [-0.3, -0.25) is 0 Å². The van der Waals surface area contributed by atoms with Gasteiger partial charge < -0.3 is 5.32 Å². The zero-order valence-electron chi connectivity index (χ0n) is 6.83. The summed E-state index contributed by atoms with van der Waals surface area (Å²) in [7, 11) is 0. The van der Waals surface area contributed by atoms with E-state index in [9.17, 15) is 0 Å². The number of hydrogen-bond acceptors (Lipinski definition) is 3. The molecule has 0 saturated carbocycles. The van der Waals surface area contributed by atoms with E-state index in [-0.39, 0.29) is 0 Å². The molecule has 0 aliphatic carbocycles. The molecule has 1 N–H and O–H groups in total. The highest BCUT2D eigenvalue weighted by molar-refractivity contribution is 5.32. The fourth-order valence-corrected chi connectivity index (χ4v) is 0.696. The lowest BCUT2D eigenvalue weighted by Crippen LogP contribution is -2.14. The number of rotatable bonds is 3. The summed E-state index contributed by atoms with van der Waals surface area (Å²) in [4.78, 5) is 7.62. The molecule has 0 amide bonds.